The van der Waals surface area contributed by atoms with Gasteiger partial charge in [0.2, 0.25) is 15.9 Å². The van der Waals surface area contributed by atoms with E-state index in [0.717, 1.165) is 24.7 Å². The molecule has 0 atom stereocenters. The van der Waals surface area contributed by atoms with Crippen molar-refractivity contribution in [1.29, 1.82) is 0 Å². The van der Waals surface area contributed by atoms with Crippen LogP contribution in [0.5, 0.6) is 0 Å². The van der Waals surface area contributed by atoms with Crippen molar-refractivity contribution < 1.29 is 17.6 Å². The van der Waals surface area contributed by atoms with Crippen molar-refractivity contribution in [3.05, 3.63) is 35.6 Å². The van der Waals surface area contributed by atoms with Gasteiger partial charge in [0, 0.05) is 19.6 Å². The molecular weight excluding hydrogens is 307 g/mol. The number of rotatable bonds is 6. The van der Waals surface area contributed by atoms with Crippen LogP contribution in [0.15, 0.2) is 24.3 Å². The first-order chi connectivity index (χ1) is 10.4. The molecule has 0 radical (unpaired) electrons. The van der Waals surface area contributed by atoms with Crippen molar-refractivity contribution in [2.75, 3.05) is 32.4 Å². The maximum Gasteiger partial charge on any atom is 0.237 e. The van der Waals surface area contributed by atoms with E-state index in [1.165, 1.54) is 16.4 Å². The Morgan fingerprint density at radius 3 is 2.36 bits per heavy atom. The number of nitrogens with zero attached hydrogens (tertiary/aromatic N) is 2. The number of halogens is 1. The Labute approximate surface area is 130 Å². The van der Waals surface area contributed by atoms with E-state index < -0.39 is 10.0 Å². The Balaban J connectivity index is 1.97. The fourth-order valence-electron chi connectivity index (χ4n) is 2.48. The number of likely N-dealkylation sites (tertiary alicyclic amines) is 1. The van der Waals surface area contributed by atoms with Crippen molar-refractivity contribution in [3.63, 3.8) is 0 Å². The Kier molecular flexibility index (Phi) is 5.52. The lowest BCUT2D eigenvalue weighted by atomic mass is 10.1. The molecule has 2 rings (SSSR count). The van der Waals surface area contributed by atoms with E-state index in [4.69, 9.17) is 0 Å². The third-order valence-corrected chi connectivity index (χ3v) is 5.05. The van der Waals surface area contributed by atoms with Crippen molar-refractivity contribution in [1.82, 2.24) is 9.21 Å². The van der Waals surface area contributed by atoms with Gasteiger partial charge in [-0.15, -0.1) is 0 Å². The molecule has 0 N–H and O–H groups in total. The van der Waals surface area contributed by atoms with Crippen molar-refractivity contribution >= 4 is 15.9 Å². The average molecular weight is 328 g/mol. The normalized spacial score (nSPS) is 15.5. The minimum atomic E-state index is -3.46. The summed E-state index contributed by atoms with van der Waals surface area (Å²) < 4.78 is 37.8. The maximum atomic E-state index is 12.9. The number of amides is 1. The number of sulfonamides is 1. The zero-order valence-corrected chi connectivity index (χ0v) is 13.5. The fraction of sp³-hybridized carbons (Fsp3) is 0.533. The van der Waals surface area contributed by atoms with E-state index >= 15 is 0 Å². The van der Waals surface area contributed by atoms with Gasteiger partial charge in [0.1, 0.15) is 5.82 Å². The van der Waals surface area contributed by atoms with Gasteiger partial charge in [-0.3, -0.25) is 4.79 Å². The van der Waals surface area contributed by atoms with Gasteiger partial charge >= 0.3 is 0 Å². The molecule has 1 aromatic carbocycles. The van der Waals surface area contributed by atoms with E-state index in [2.05, 4.69) is 0 Å². The molecular formula is C15H21FN2O3S. The molecule has 1 fully saturated rings. The molecule has 22 heavy (non-hydrogen) atoms. The number of hydrogen-bond acceptors (Lipinski definition) is 3. The van der Waals surface area contributed by atoms with Gasteiger partial charge in [-0.25, -0.2) is 12.8 Å². The van der Waals surface area contributed by atoms with Crippen LogP contribution in [-0.2, 0) is 21.2 Å². The first-order valence-corrected chi connectivity index (χ1v) is 9.18. The van der Waals surface area contributed by atoms with E-state index in [0.29, 0.717) is 19.5 Å². The van der Waals surface area contributed by atoms with Crippen LogP contribution in [0.3, 0.4) is 0 Å². The summed E-state index contributed by atoms with van der Waals surface area (Å²) in [5.74, 6) is -0.477. The molecule has 0 spiro atoms. The maximum absolute atomic E-state index is 12.9. The van der Waals surface area contributed by atoms with Gasteiger partial charge in [0.15, 0.2) is 0 Å². The summed E-state index contributed by atoms with van der Waals surface area (Å²) in [6, 6.07) is 5.93. The highest BCUT2D eigenvalue weighted by Gasteiger charge is 2.24. The minimum Gasteiger partial charge on any atom is -0.342 e. The topological polar surface area (TPSA) is 57.7 Å². The molecule has 1 saturated heterocycles. The smallest absolute Gasteiger partial charge is 0.237 e. The van der Waals surface area contributed by atoms with E-state index in [1.54, 1.807) is 17.0 Å². The Bertz CT molecular complexity index is 610. The Morgan fingerprint density at radius 1 is 1.23 bits per heavy atom. The van der Waals surface area contributed by atoms with Crippen LogP contribution < -0.4 is 0 Å². The zero-order chi connectivity index (χ0) is 16.2. The predicted molar refractivity (Wildman–Crippen MR) is 82.3 cm³/mol. The summed E-state index contributed by atoms with van der Waals surface area (Å²) in [6.07, 6.45) is 3.50. The lowest BCUT2D eigenvalue weighted by Crippen LogP contribution is -2.42. The molecule has 5 nitrogen and oxygen atoms in total. The molecule has 0 aliphatic carbocycles. The first kappa shape index (κ1) is 16.9. The lowest BCUT2D eigenvalue weighted by Gasteiger charge is -2.23. The molecule has 7 heteroatoms. The molecule has 0 aromatic heterocycles. The van der Waals surface area contributed by atoms with Crippen molar-refractivity contribution in [3.8, 4) is 0 Å². The van der Waals surface area contributed by atoms with Gasteiger partial charge in [0.05, 0.1) is 12.8 Å². The fourth-order valence-corrected chi connectivity index (χ4v) is 3.25. The second-order valence-electron chi connectivity index (χ2n) is 5.56. The van der Waals surface area contributed by atoms with Crippen LogP contribution in [0, 0.1) is 5.82 Å². The number of benzene rings is 1. The highest BCUT2D eigenvalue weighted by molar-refractivity contribution is 7.88. The number of carbonyl (C=O) groups is 1. The standard InChI is InChI=1S/C15H21FN2O3S/c1-22(20,21)18(12-15(19)17-9-2-3-10-17)11-8-13-4-6-14(16)7-5-13/h4-7H,2-3,8-12H2,1H3. The van der Waals surface area contributed by atoms with Gasteiger partial charge in [0.25, 0.3) is 0 Å². The van der Waals surface area contributed by atoms with Gasteiger partial charge in [-0.2, -0.15) is 4.31 Å². The first-order valence-electron chi connectivity index (χ1n) is 7.33. The van der Waals surface area contributed by atoms with Crippen LogP contribution >= 0.6 is 0 Å². The monoisotopic (exact) mass is 328 g/mol. The summed E-state index contributed by atoms with van der Waals surface area (Å²) in [4.78, 5) is 13.8. The number of carbonyl (C=O) groups excluding carboxylic acids is 1. The molecule has 1 amide bonds. The van der Waals surface area contributed by atoms with Gasteiger partial charge in [-0.1, -0.05) is 12.1 Å². The largest absolute Gasteiger partial charge is 0.342 e. The summed E-state index contributed by atoms with van der Waals surface area (Å²) in [5, 5.41) is 0. The Hall–Kier alpha value is -1.47. The highest BCUT2D eigenvalue weighted by Crippen LogP contribution is 2.11. The average Bonchev–Trinajstić information content (AvgIpc) is 2.98. The van der Waals surface area contributed by atoms with Gasteiger partial charge < -0.3 is 4.90 Å². The van der Waals surface area contributed by atoms with Crippen LogP contribution in [-0.4, -0.2) is 56.0 Å². The van der Waals surface area contributed by atoms with Crippen LogP contribution in [0.4, 0.5) is 4.39 Å². The van der Waals surface area contributed by atoms with Crippen LogP contribution in [0.1, 0.15) is 18.4 Å². The molecule has 0 bridgehead atoms. The highest BCUT2D eigenvalue weighted by atomic mass is 32.2. The quantitative estimate of drug-likeness (QED) is 0.790. The second kappa shape index (κ2) is 7.19. The lowest BCUT2D eigenvalue weighted by molar-refractivity contribution is -0.130. The molecule has 1 aliphatic heterocycles. The van der Waals surface area contributed by atoms with E-state index in [-0.39, 0.29) is 24.8 Å². The molecule has 1 aromatic rings. The van der Waals surface area contributed by atoms with Gasteiger partial charge in [-0.05, 0) is 37.0 Å². The predicted octanol–water partition coefficient (Wildman–Crippen LogP) is 1.25. The number of hydrogen-bond donors (Lipinski definition) is 0. The third-order valence-electron chi connectivity index (χ3n) is 3.80. The minimum absolute atomic E-state index is 0.125. The van der Waals surface area contributed by atoms with E-state index in [9.17, 15) is 17.6 Å². The summed E-state index contributed by atoms with van der Waals surface area (Å²) in [6.45, 7) is 1.49. The van der Waals surface area contributed by atoms with Crippen LogP contribution in [0.2, 0.25) is 0 Å². The van der Waals surface area contributed by atoms with E-state index in [1.807, 2.05) is 0 Å². The van der Waals surface area contributed by atoms with Crippen molar-refractivity contribution in [2.45, 2.75) is 19.3 Å². The summed E-state index contributed by atoms with van der Waals surface area (Å²) in [5.41, 5.74) is 0.837. The Morgan fingerprint density at radius 2 is 1.82 bits per heavy atom. The summed E-state index contributed by atoms with van der Waals surface area (Å²) in [7, 11) is -3.46. The molecule has 1 heterocycles. The summed E-state index contributed by atoms with van der Waals surface area (Å²) >= 11 is 0. The van der Waals surface area contributed by atoms with Crippen molar-refractivity contribution in [2.24, 2.45) is 0 Å². The molecule has 1 aliphatic rings. The zero-order valence-electron chi connectivity index (χ0n) is 12.7. The molecule has 122 valence electrons. The molecule has 0 saturated carbocycles. The molecule has 0 unspecified atom stereocenters. The second-order valence-corrected chi connectivity index (χ2v) is 7.54. The van der Waals surface area contributed by atoms with Crippen LogP contribution in [0.25, 0.3) is 0 Å². The SMILES string of the molecule is CS(=O)(=O)N(CCc1ccc(F)cc1)CC(=O)N1CCCC1. The third kappa shape index (κ3) is 4.78.